The van der Waals surface area contributed by atoms with Gasteiger partial charge >= 0.3 is 0 Å². The van der Waals surface area contributed by atoms with E-state index in [1.54, 1.807) is 7.11 Å². The van der Waals surface area contributed by atoms with E-state index in [1.165, 1.54) is 24.3 Å². The highest BCUT2D eigenvalue weighted by atomic mass is 32.2. The predicted molar refractivity (Wildman–Crippen MR) is 89.1 cm³/mol. The van der Waals surface area contributed by atoms with Crippen LogP contribution in [0.15, 0.2) is 24.3 Å². The summed E-state index contributed by atoms with van der Waals surface area (Å²) in [6.07, 6.45) is 2.56. The number of Topliss-reactive ketones (excluding diaryl/α,β-unsaturated/α-hetero) is 1. The summed E-state index contributed by atoms with van der Waals surface area (Å²) >= 11 is 0. The molecule has 0 aromatic heterocycles. The van der Waals surface area contributed by atoms with Gasteiger partial charge in [0.2, 0.25) is 5.78 Å². The van der Waals surface area contributed by atoms with Gasteiger partial charge in [0.25, 0.3) is 0 Å². The summed E-state index contributed by atoms with van der Waals surface area (Å²) in [5.41, 5.74) is 0.806. The van der Waals surface area contributed by atoms with E-state index in [2.05, 4.69) is 13.8 Å². The summed E-state index contributed by atoms with van der Waals surface area (Å²) in [7, 11) is 1.88. The Kier molecular flexibility index (Phi) is 6.60. The van der Waals surface area contributed by atoms with Gasteiger partial charge in [0.15, 0.2) is 4.75 Å². The highest BCUT2D eigenvalue weighted by Crippen LogP contribution is 2.30. The minimum Gasteiger partial charge on any atom is -0.497 e. The molecule has 20 heavy (non-hydrogen) atoms. The number of carbonyl (C=O) groups excluding carboxylic acids is 1. The minimum atomic E-state index is -0.217. The van der Waals surface area contributed by atoms with E-state index in [9.17, 15) is 4.79 Å². The van der Waals surface area contributed by atoms with Crippen LogP contribution in [-0.2, 0) is 10.9 Å². The zero-order chi connectivity index (χ0) is 15.2. The van der Waals surface area contributed by atoms with Gasteiger partial charge in [-0.2, -0.15) is 0 Å². The van der Waals surface area contributed by atoms with Crippen LogP contribution in [0.3, 0.4) is 0 Å². The first kappa shape index (κ1) is 17.1. The third-order valence-corrected chi connectivity index (χ3v) is 6.84. The molecule has 0 N–H and O–H groups in total. The molecule has 3 heteroatoms. The van der Waals surface area contributed by atoms with E-state index in [-0.39, 0.29) is 21.4 Å². The molecule has 112 valence electrons. The first-order valence-electron chi connectivity index (χ1n) is 7.42. The monoisotopic (exact) mass is 295 g/mol. The second-order valence-corrected chi connectivity index (χ2v) is 8.00. The molecule has 1 saturated heterocycles. The van der Waals surface area contributed by atoms with Crippen molar-refractivity contribution in [1.82, 2.24) is 0 Å². The number of ether oxygens (including phenoxy) is 1. The third kappa shape index (κ3) is 3.78. The summed E-state index contributed by atoms with van der Waals surface area (Å²) in [5, 5.41) is 0. The summed E-state index contributed by atoms with van der Waals surface area (Å²) in [5.74, 6) is 3.51. The summed E-state index contributed by atoms with van der Waals surface area (Å²) in [6.45, 7) is 8.21. The first-order valence-corrected chi connectivity index (χ1v) is 8.98. The van der Waals surface area contributed by atoms with Crippen molar-refractivity contribution in [2.45, 2.75) is 45.3 Å². The maximum Gasteiger partial charge on any atom is 0.217 e. The number of ketones is 1. The molecule has 1 heterocycles. The van der Waals surface area contributed by atoms with Gasteiger partial charge < -0.3 is 4.74 Å². The predicted octanol–water partition coefficient (Wildman–Crippen LogP) is 4.09. The maximum atomic E-state index is 12.6. The van der Waals surface area contributed by atoms with Crippen molar-refractivity contribution >= 4 is 16.7 Å². The number of hydrogen-bond donors (Lipinski definition) is 0. The highest BCUT2D eigenvalue weighted by molar-refractivity contribution is 7.99. The number of carbonyl (C=O) groups is 1. The van der Waals surface area contributed by atoms with Gasteiger partial charge in [0, 0.05) is 16.5 Å². The number of hydrogen-bond acceptors (Lipinski definition) is 2. The molecular formula is C17H27O2S+. The summed E-state index contributed by atoms with van der Waals surface area (Å²) in [6, 6.07) is 7.48. The fourth-order valence-corrected chi connectivity index (χ4v) is 5.10. The third-order valence-electron chi connectivity index (χ3n) is 3.65. The Morgan fingerprint density at radius 1 is 1.10 bits per heavy atom. The van der Waals surface area contributed by atoms with Crippen molar-refractivity contribution < 1.29 is 9.53 Å². The van der Waals surface area contributed by atoms with Crippen LogP contribution in [0.2, 0.25) is 0 Å². The van der Waals surface area contributed by atoms with Crippen molar-refractivity contribution in [3.63, 3.8) is 0 Å². The lowest BCUT2D eigenvalue weighted by Crippen LogP contribution is -2.41. The van der Waals surface area contributed by atoms with Gasteiger partial charge in [-0.05, 0) is 51.0 Å². The molecule has 1 aromatic rings. The van der Waals surface area contributed by atoms with E-state index < -0.39 is 0 Å². The minimum absolute atomic E-state index is 0.217. The first-order chi connectivity index (χ1) is 9.55. The molecule has 2 rings (SSSR count). The Labute approximate surface area is 126 Å². The van der Waals surface area contributed by atoms with Gasteiger partial charge in [-0.1, -0.05) is 13.8 Å². The molecular weight excluding hydrogens is 268 g/mol. The average molecular weight is 295 g/mol. The van der Waals surface area contributed by atoms with E-state index in [0.717, 1.165) is 11.3 Å². The van der Waals surface area contributed by atoms with Gasteiger partial charge in [-0.15, -0.1) is 0 Å². The highest BCUT2D eigenvalue weighted by Gasteiger charge is 2.46. The smallest absolute Gasteiger partial charge is 0.217 e. The molecule has 0 spiro atoms. The molecule has 0 bridgehead atoms. The average Bonchev–Trinajstić information content (AvgIpc) is 3.03. The zero-order valence-corrected chi connectivity index (χ0v) is 14.2. The van der Waals surface area contributed by atoms with Gasteiger partial charge in [-0.25, -0.2) is 0 Å². The standard InChI is InChI=1S/C15H21O2S.C2H6/c1-15(2,18-10-4-5-11-18)14(16)12-6-8-13(17-3)9-7-12;1-2/h6-9H,4-5,10-11H2,1-3H3;1-2H3/q+1;. The molecule has 1 fully saturated rings. The largest absolute Gasteiger partial charge is 0.497 e. The van der Waals surface area contributed by atoms with Crippen LogP contribution in [-0.4, -0.2) is 29.1 Å². The lowest BCUT2D eigenvalue weighted by atomic mass is 10.0. The van der Waals surface area contributed by atoms with Crippen LogP contribution >= 0.6 is 0 Å². The van der Waals surface area contributed by atoms with E-state index in [1.807, 2.05) is 38.1 Å². The zero-order valence-electron chi connectivity index (χ0n) is 13.4. The Morgan fingerprint density at radius 2 is 1.60 bits per heavy atom. The molecule has 0 aliphatic carbocycles. The van der Waals surface area contributed by atoms with E-state index >= 15 is 0 Å². The summed E-state index contributed by atoms with van der Waals surface area (Å²) in [4.78, 5) is 12.6. The number of methoxy groups -OCH3 is 1. The Morgan fingerprint density at radius 3 is 2.05 bits per heavy atom. The van der Waals surface area contributed by atoms with Crippen LogP contribution in [0.25, 0.3) is 0 Å². The number of benzene rings is 1. The van der Waals surface area contributed by atoms with Crippen molar-refractivity contribution in [3.8, 4) is 5.75 Å². The molecule has 0 amide bonds. The van der Waals surface area contributed by atoms with Crippen molar-refractivity contribution in [2.75, 3.05) is 18.6 Å². The molecule has 0 radical (unpaired) electrons. The van der Waals surface area contributed by atoms with Crippen LogP contribution in [0.5, 0.6) is 5.75 Å². The topological polar surface area (TPSA) is 26.3 Å². The van der Waals surface area contributed by atoms with Gasteiger partial charge in [-0.3, -0.25) is 4.79 Å². The molecule has 1 aliphatic heterocycles. The van der Waals surface area contributed by atoms with Crippen LogP contribution in [0, 0.1) is 0 Å². The van der Waals surface area contributed by atoms with E-state index in [0.29, 0.717) is 0 Å². The van der Waals surface area contributed by atoms with Crippen molar-refractivity contribution in [3.05, 3.63) is 29.8 Å². The SMILES string of the molecule is CC.COc1ccc(C(=O)C(C)(C)[S+]2CCCC2)cc1. The van der Waals surface area contributed by atoms with Gasteiger partial charge in [0.1, 0.15) is 17.3 Å². The Bertz CT molecular complexity index is 417. The lowest BCUT2D eigenvalue weighted by Gasteiger charge is -2.21. The molecule has 0 saturated carbocycles. The fraction of sp³-hybridized carbons (Fsp3) is 0.588. The Hall–Kier alpha value is -0.960. The molecule has 2 nitrogen and oxygen atoms in total. The van der Waals surface area contributed by atoms with Gasteiger partial charge in [0.05, 0.1) is 7.11 Å². The molecule has 1 aliphatic rings. The van der Waals surface area contributed by atoms with Crippen LogP contribution in [0.4, 0.5) is 0 Å². The van der Waals surface area contributed by atoms with Crippen LogP contribution in [0.1, 0.15) is 50.9 Å². The second-order valence-electron chi connectivity index (χ2n) is 5.18. The normalized spacial score (nSPS) is 15.4. The number of rotatable bonds is 4. The lowest BCUT2D eigenvalue weighted by molar-refractivity contribution is 0.0956. The summed E-state index contributed by atoms with van der Waals surface area (Å²) < 4.78 is 4.91. The van der Waals surface area contributed by atoms with Crippen molar-refractivity contribution in [1.29, 1.82) is 0 Å². The maximum absolute atomic E-state index is 12.6. The second kappa shape index (κ2) is 7.72. The molecule has 0 unspecified atom stereocenters. The fourth-order valence-electron chi connectivity index (χ4n) is 2.39. The Balaban J connectivity index is 0.000000956. The quantitative estimate of drug-likeness (QED) is 0.617. The molecule has 1 aromatic carbocycles. The molecule has 0 atom stereocenters. The van der Waals surface area contributed by atoms with Crippen LogP contribution < -0.4 is 4.74 Å². The van der Waals surface area contributed by atoms with Crippen molar-refractivity contribution in [2.24, 2.45) is 0 Å². The van der Waals surface area contributed by atoms with E-state index in [4.69, 9.17) is 4.74 Å².